The molecule has 0 spiro atoms. The fourth-order valence-corrected chi connectivity index (χ4v) is 1.44. The van der Waals surface area contributed by atoms with E-state index in [1.807, 2.05) is 20.2 Å². The summed E-state index contributed by atoms with van der Waals surface area (Å²) in [7, 11) is 4.02. The van der Waals surface area contributed by atoms with E-state index in [1.54, 1.807) is 6.20 Å². The summed E-state index contributed by atoms with van der Waals surface area (Å²) in [5.41, 5.74) is 1.02. The zero-order valence-electron chi connectivity index (χ0n) is 10.7. The van der Waals surface area contributed by atoms with Crippen molar-refractivity contribution >= 4 is 11.6 Å². The van der Waals surface area contributed by atoms with Gasteiger partial charge in [-0.15, -0.1) is 0 Å². The Morgan fingerprint density at radius 1 is 1.47 bits per heavy atom. The van der Waals surface area contributed by atoms with Gasteiger partial charge in [0.1, 0.15) is 6.61 Å². The van der Waals surface area contributed by atoms with Gasteiger partial charge in [0.05, 0.1) is 5.02 Å². The highest BCUT2D eigenvalue weighted by Crippen LogP contribution is 2.19. The fourth-order valence-electron chi connectivity index (χ4n) is 1.27. The highest BCUT2D eigenvalue weighted by atomic mass is 35.5. The molecule has 0 saturated carbocycles. The Labute approximate surface area is 108 Å². The highest BCUT2D eigenvalue weighted by molar-refractivity contribution is 6.31. The van der Waals surface area contributed by atoms with Gasteiger partial charge in [-0.2, -0.15) is 0 Å². The summed E-state index contributed by atoms with van der Waals surface area (Å²) in [4.78, 5) is 6.21. The number of nitrogens with zero attached hydrogens (tertiary/aromatic N) is 2. The molecule has 0 amide bonds. The number of pyridine rings is 1. The number of hydrogen-bond donors (Lipinski definition) is 1. The third-order valence-electron chi connectivity index (χ3n) is 2.26. The van der Waals surface area contributed by atoms with Crippen molar-refractivity contribution in [3.63, 3.8) is 0 Å². The molecule has 0 atom stereocenters. The molecule has 17 heavy (non-hydrogen) atoms. The average molecular weight is 258 g/mol. The van der Waals surface area contributed by atoms with Gasteiger partial charge in [0.25, 0.3) is 0 Å². The molecule has 0 saturated heterocycles. The molecule has 0 radical (unpaired) electrons. The Morgan fingerprint density at radius 3 is 2.88 bits per heavy atom. The number of likely N-dealkylation sites (N-methyl/N-ethyl adjacent to an activating group) is 1. The largest absolute Gasteiger partial charge is 0.476 e. The van der Waals surface area contributed by atoms with E-state index in [-0.39, 0.29) is 0 Å². The van der Waals surface area contributed by atoms with Crippen LogP contribution in [0.15, 0.2) is 12.3 Å². The quantitative estimate of drug-likeness (QED) is 0.808. The smallest absolute Gasteiger partial charge is 0.213 e. The molecule has 4 nitrogen and oxygen atoms in total. The van der Waals surface area contributed by atoms with E-state index in [9.17, 15) is 0 Å². The van der Waals surface area contributed by atoms with E-state index >= 15 is 0 Å². The van der Waals surface area contributed by atoms with Crippen LogP contribution >= 0.6 is 11.6 Å². The van der Waals surface area contributed by atoms with Crippen LogP contribution in [0.1, 0.15) is 12.5 Å². The molecule has 1 aromatic heterocycles. The number of halogens is 1. The van der Waals surface area contributed by atoms with Crippen LogP contribution in [0, 0.1) is 0 Å². The van der Waals surface area contributed by atoms with E-state index in [0.717, 1.165) is 25.2 Å². The average Bonchev–Trinajstić information content (AvgIpc) is 2.29. The van der Waals surface area contributed by atoms with Crippen molar-refractivity contribution in [1.29, 1.82) is 0 Å². The van der Waals surface area contributed by atoms with Crippen molar-refractivity contribution in [2.75, 3.05) is 33.8 Å². The van der Waals surface area contributed by atoms with Crippen LogP contribution in [0.25, 0.3) is 0 Å². The summed E-state index contributed by atoms with van der Waals surface area (Å²) in [5, 5.41) is 3.90. The molecule has 0 bridgehead atoms. The van der Waals surface area contributed by atoms with Crippen molar-refractivity contribution in [1.82, 2.24) is 15.2 Å². The van der Waals surface area contributed by atoms with Gasteiger partial charge in [-0.05, 0) is 26.2 Å². The monoisotopic (exact) mass is 257 g/mol. The SMILES string of the molecule is CCNCc1cc(OCCN(C)C)ncc1Cl. The molecule has 0 fully saturated rings. The van der Waals surface area contributed by atoms with Crippen molar-refractivity contribution < 1.29 is 4.74 Å². The number of rotatable bonds is 7. The summed E-state index contributed by atoms with van der Waals surface area (Å²) >= 11 is 6.05. The van der Waals surface area contributed by atoms with Crippen molar-refractivity contribution in [3.05, 3.63) is 22.8 Å². The van der Waals surface area contributed by atoms with E-state index in [2.05, 4.69) is 22.1 Å². The van der Waals surface area contributed by atoms with E-state index in [0.29, 0.717) is 17.5 Å². The molecule has 5 heteroatoms. The lowest BCUT2D eigenvalue weighted by atomic mass is 10.2. The number of nitrogens with one attached hydrogen (secondary N) is 1. The lowest BCUT2D eigenvalue weighted by Crippen LogP contribution is -2.19. The van der Waals surface area contributed by atoms with Gasteiger partial charge in [-0.1, -0.05) is 18.5 Å². The predicted molar refractivity (Wildman–Crippen MR) is 70.7 cm³/mol. The Morgan fingerprint density at radius 2 is 2.24 bits per heavy atom. The molecule has 1 rings (SSSR count). The molecule has 0 aromatic carbocycles. The minimum Gasteiger partial charge on any atom is -0.476 e. The molecule has 1 N–H and O–H groups in total. The molecule has 96 valence electrons. The Kier molecular flexibility index (Phi) is 6.26. The first-order valence-electron chi connectivity index (χ1n) is 5.76. The number of ether oxygens (including phenoxy) is 1. The molecule has 1 aromatic rings. The highest BCUT2D eigenvalue weighted by Gasteiger charge is 2.04. The lowest BCUT2D eigenvalue weighted by Gasteiger charge is -2.11. The van der Waals surface area contributed by atoms with Gasteiger partial charge in [0.2, 0.25) is 5.88 Å². The third kappa shape index (κ3) is 5.35. The van der Waals surface area contributed by atoms with Crippen LogP contribution in [0.3, 0.4) is 0 Å². The summed E-state index contributed by atoms with van der Waals surface area (Å²) < 4.78 is 5.55. The van der Waals surface area contributed by atoms with Gasteiger partial charge < -0.3 is 15.0 Å². The first-order valence-corrected chi connectivity index (χ1v) is 6.14. The maximum absolute atomic E-state index is 6.05. The van der Waals surface area contributed by atoms with Gasteiger partial charge in [-0.25, -0.2) is 4.98 Å². The molecule has 0 unspecified atom stereocenters. The third-order valence-corrected chi connectivity index (χ3v) is 2.60. The zero-order chi connectivity index (χ0) is 12.7. The Bertz CT molecular complexity index is 345. The fraction of sp³-hybridized carbons (Fsp3) is 0.583. The Hall–Kier alpha value is -0.840. The van der Waals surface area contributed by atoms with Crippen molar-refractivity contribution in [3.8, 4) is 5.88 Å². The maximum atomic E-state index is 6.05. The van der Waals surface area contributed by atoms with Crippen molar-refractivity contribution in [2.24, 2.45) is 0 Å². The maximum Gasteiger partial charge on any atom is 0.213 e. The number of aromatic nitrogens is 1. The van der Waals surface area contributed by atoms with Gasteiger partial charge in [-0.3, -0.25) is 0 Å². The van der Waals surface area contributed by atoms with E-state index < -0.39 is 0 Å². The minimum atomic E-state index is 0.627. The first-order chi connectivity index (χ1) is 8.13. The van der Waals surface area contributed by atoms with Crippen LogP contribution in [-0.2, 0) is 6.54 Å². The van der Waals surface area contributed by atoms with Crippen LogP contribution in [0.2, 0.25) is 5.02 Å². The second-order valence-corrected chi connectivity index (χ2v) is 4.45. The predicted octanol–water partition coefficient (Wildman–Crippen LogP) is 1.78. The van der Waals surface area contributed by atoms with Gasteiger partial charge in [0.15, 0.2) is 0 Å². The van der Waals surface area contributed by atoms with Gasteiger partial charge >= 0.3 is 0 Å². The second-order valence-electron chi connectivity index (χ2n) is 4.05. The standard InChI is InChI=1S/C12H20ClN3O/c1-4-14-8-10-7-12(15-9-11(10)13)17-6-5-16(2)3/h7,9,14H,4-6,8H2,1-3H3. The summed E-state index contributed by atoms with van der Waals surface area (Å²) in [6.45, 7) is 5.20. The Balaban J connectivity index is 2.55. The number of hydrogen-bond acceptors (Lipinski definition) is 4. The van der Waals surface area contributed by atoms with Crippen LogP contribution in [0.4, 0.5) is 0 Å². The molecule has 0 aliphatic rings. The summed E-state index contributed by atoms with van der Waals surface area (Å²) in [6.07, 6.45) is 1.64. The van der Waals surface area contributed by atoms with Gasteiger partial charge in [0, 0.05) is 25.4 Å². The summed E-state index contributed by atoms with van der Waals surface area (Å²) in [5.74, 6) is 0.629. The molecule has 0 aliphatic carbocycles. The molecular weight excluding hydrogens is 238 g/mol. The molecular formula is C12H20ClN3O. The van der Waals surface area contributed by atoms with Crippen LogP contribution in [-0.4, -0.2) is 43.7 Å². The van der Waals surface area contributed by atoms with E-state index in [4.69, 9.17) is 16.3 Å². The van der Waals surface area contributed by atoms with E-state index in [1.165, 1.54) is 0 Å². The summed E-state index contributed by atoms with van der Waals surface area (Å²) in [6, 6.07) is 1.89. The lowest BCUT2D eigenvalue weighted by molar-refractivity contribution is 0.253. The van der Waals surface area contributed by atoms with Crippen LogP contribution in [0.5, 0.6) is 5.88 Å². The minimum absolute atomic E-state index is 0.627. The van der Waals surface area contributed by atoms with Crippen molar-refractivity contribution in [2.45, 2.75) is 13.5 Å². The normalized spacial score (nSPS) is 10.9. The molecule has 1 heterocycles. The first kappa shape index (κ1) is 14.2. The van der Waals surface area contributed by atoms with Crippen LogP contribution < -0.4 is 10.1 Å². The topological polar surface area (TPSA) is 37.4 Å². The zero-order valence-corrected chi connectivity index (χ0v) is 11.4. The molecule has 0 aliphatic heterocycles. The second kappa shape index (κ2) is 7.48.